The molecule has 2 amide bonds. The molecule has 1 aromatic rings. The van der Waals surface area contributed by atoms with Gasteiger partial charge in [0.25, 0.3) is 11.8 Å². The van der Waals surface area contributed by atoms with Crippen LogP contribution in [0.2, 0.25) is 0 Å². The smallest absolute Gasteiger partial charge is 0.263 e. The van der Waals surface area contributed by atoms with Crippen molar-refractivity contribution < 1.29 is 19.4 Å². The van der Waals surface area contributed by atoms with E-state index in [0.717, 1.165) is 12.8 Å². The van der Waals surface area contributed by atoms with Crippen molar-refractivity contribution in [3.05, 3.63) is 29.8 Å². The average molecular weight is 348 g/mol. The molecule has 0 aromatic heterocycles. The first kappa shape index (κ1) is 19.2. The van der Waals surface area contributed by atoms with E-state index in [0.29, 0.717) is 17.4 Å². The number of aliphatic hydroxyl groups excluding tert-OH is 1. The van der Waals surface area contributed by atoms with E-state index in [-0.39, 0.29) is 25.0 Å². The van der Waals surface area contributed by atoms with Crippen molar-refractivity contribution in [2.75, 3.05) is 20.2 Å². The number of aliphatic hydroxyl groups is 1. The van der Waals surface area contributed by atoms with Crippen LogP contribution in [0.3, 0.4) is 0 Å². The molecule has 138 valence electrons. The van der Waals surface area contributed by atoms with Crippen molar-refractivity contribution in [1.82, 2.24) is 10.2 Å². The molecule has 1 atom stereocenters. The third kappa shape index (κ3) is 5.46. The Labute approximate surface area is 149 Å². The number of ether oxygens (including phenoxy) is 1. The third-order valence-electron chi connectivity index (χ3n) is 4.62. The van der Waals surface area contributed by atoms with Crippen LogP contribution in [0.4, 0.5) is 0 Å². The second-order valence-electron chi connectivity index (χ2n) is 6.51. The molecule has 0 heterocycles. The second kappa shape index (κ2) is 9.42. The summed E-state index contributed by atoms with van der Waals surface area (Å²) in [5.74, 6) is 0.161. The fraction of sp³-hybridized carbons (Fsp3) is 0.579. The van der Waals surface area contributed by atoms with E-state index < -0.39 is 6.10 Å². The molecule has 2 rings (SSSR count). The summed E-state index contributed by atoms with van der Waals surface area (Å²) < 4.78 is 5.76. The Hall–Kier alpha value is -2.08. The Morgan fingerprint density at radius 1 is 1.32 bits per heavy atom. The maximum absolute atomic E-state index is 12.6. The van der Waals surface area contributed by atoms with Crippen LogP contribution in [0.15, 0.2) is 24.3 Å². The number of hydrogen-bond donors (Lipinski definition) is 2. The van der Waals surface area contributed by atoms with Crippen molar-refractivity contribution in [2.45, 2.75) is 51.2 Å². The van der Waals surface area contributed by atoms with Gasteiger partial charge in [-0.25, -0.2) is 0 Å². The van der Waals surface area contributed by atoms with Crippen LogP contribution in [0.25, 0.3) is 0 Å². The molecular weight excluding hydrogens is 320 g/mol. The van der Waals surface area contributed by atoms with Gasteiger partial charge in [-0.05, 0) is 38.0 Å². The lowest BCUT2D eigenvalue weighted by Gasteiger charge is -2.32. The Bertz CT molecular complexity index is 585. The van der Waals surface area contributed by atoms with Crippen molar-refractivity contribution in [3.8, 4) is 5.75 Å². The van der Waals surface area contributed by atoms with Crippen molar-refractivity contribution >= 4 is 11.8 Å². The molecule has 0 saturated heterocycles. The highest BCUT2D eigenvalue weighted by Crippen LogP contribution is 2.23. The van der Waals surface area contributed by atoms with E-state index in [1.807, 2.05) is 11.9 Å². The molecule has 0 aliphatic heterocycles. The molecule has 1 aliphatic carbocycles. The van der Waals surface area contributed by atoms with E-state index in [9.17, 15) is 9.59 Å². The normalized spacial score (nSPS) is 16.1. The lowest BCUT2D eigenvalue weighted by Crippen LogP contribution is -2.44. The zero-order valence-corrected chi connectivity index (χ0v) is 15.0. The van der Waals surface area contributed by atoms with Crippen LogP contribution in [0.5, 0.6) is 5.75 Å². The highest BCUT2D eigenvalue weighted by Gasteiger charge is 2.26. The van der Waals surface area contributed by atoms with Crippen LogP contribution >= 0.6 is 0 Å². The SMILES string of the molecule is C[C@H](Oc1cccc(C(=O)NCCO)c1)C(=O)N(C)C1CCCCC1. The molecule has 0 unspecified atom stereocenters. The van der Waals surface area contributed by atoms with Crippen LogP contribution < -0.4 is 10.1 Å². The quantitative estimate of drug-likeness (QED) is 0.790. The predicted molar refractivity (Wildman–Crippen MR) is 95.6 cm³/mol. The van der Waals surface area contributed by atoms with Gasteiger partial charge in [0.2, 0.25) is 0 Å². The van der Waals surface area contributed by atoms with Crippen LogP contribution in [-0.2, 0) is 4.79 Å². The molecule has 0 bridgehead atoms. The summed E-state index contributed by atoms with van der Waals surface area (Å²) in [5, 5.41) is 11.4. The Kier molecular flexibility index (Phi) is 7.25. The largest absolute Gasteiger partial charge is 0.481 e. The van der Waals surface area contributed by atoms with E-state index in [4.69, 9.17) is 9.84 Å². The van der Waals surface area contributed by atoms with E-state index in [2.05, 4.69) is 5.32 Å². The number of likely N-dealkylation sites (N-methyl/N-ethyl adjacent to an activating group) is 1. The first-order chi connectivity index (χ1) is 12.0. The van der Waals surface area contributed by atoms with Crippen molar-refractivity contribution in [1.29, 1.82) is 0 Å². The number of amides is 2. The molecular formula is C19H28N2O4. The highest BCUT2D eigenvalue weighted by molar-refractivity contribution is 5.94. The van der Waals surface area contributed by atoms with Gasteiger partial charge in [-0.2, -0.15) is 0 Å². The predicted octanol–water partition coefficient (Wildman–Crippen LogP) is 1.97. The first-order valence-electron chi connectivity index (χ1n) is 8.95. The second-order valence-corrected chi connectivity index (χ2v) is 6.51. The van der Waals surface area contributed by atoms with Crippen LogP contribution in [-0.4, -0.2) is 54.2 Å². The average Bonchev–Trinajstić information content (AvgIpc) is 2.65. The molecule has 0 spiro atoms. The molecule has 0 radical (unpaired) electrons. The molecule has 6 nitrogen and oxygen atoms in total. The fourth-order valence-electron chi connectivity index (χ4n) is 3.17. The van der Waals surface area contributed by atoms with Crippen LogP contribution in [0, 0.1) is 0 Å². The molecule has 25 heavy (non-hydrogen) atoms. The maximum Gasteiger partial charge on any atom is 0.263 e. The number of carbonyl (C=O) groups is 2. The zero-order chi connectivity index (χ0) is 18.2. The maximum atomic E-state index is 12.6. The standard InChI is InChI=1S/C19H28N2O4/c1-14(19(24)21(2)16-8-4-3-5-9-16)25-17-10-6-7-15(13-17)18(23)20-11-12-22/h6-7,10,13-14,16,22H,3-5,8-9,11-12H2,1-2H3,(H,20,23)/t14-/m0/s1. The number of hydrogen-bond acceptors (Lipinski definition) is 4. The Morgan fingerprint density at radius 2 is 2.04 bits per heavy atom. The van der Waals surface area contributed by atoms with Gasteiger partial charge in [-0.1, -0.05) is 25.3 Å². The number of nitrogens with zero attached hydrogens (tertiary/aromatic N) is 1. The van der Waals surface area contributed by atoms with E-state index >= 15 is 0 Å². The molecule has 1 fully saturated rings. The summed E-state index contributed by atoms with van der Waals surface area (Å²) in [6.07, 6.45) is 5.08. The Morgan fingerprint density at radius 3 is 2.72 bits per heavy atom. The minimum atomic E-state index is -0.609. The molecule has 1 saturated carbocycles. The number of nitrogens with one attached hydrogen (secondary N) is 1. The number of benzene rings is 1. The lowest BCUT2D eigenvalue weighted by atomic mass is 9.94. The van der Waals surface area contributed by atoms with E-state index in [1.165, 1.54) is 19.3 Å². The van der Waals surface area contributed by atoms with Crippen LogP contribution in [0.1, 0.15) is 49.4 Å². The number of carbonyl (C=O) groups excluding carboxylic acids is 2. The van der Waals surface area contributed by atoms with Gasteiger partial charge in [0.05, 0.1) is 6.61 Å². The molecule has 6 heteroatoms. The van der Waals surface area contributed by atoms with Gasteiger partial charge in [0.15, 0.2) is 6.10 Å². The molecule has 1 aliphatic rings. The molecule has 1 aromatic carbocycles. The van der Waals surface area contributed by atoms with Gasteiger partial charge in [0.1, 0.15) is 5.75 Å². The summed E-state index contributed by atoms with van der Waals surface area (Å²) in [4.78, 5) is 26.3. The van der Waals surface area contributed by atoms with Gasteiger partial charge < -0.3 is 20.1 Å². The highest BCUT2D eigenvalue weighted by atomic mass is 16.5. The summed E-state index contributed by atoms with van der Waals surface area (Å²) in [6, 6.07) is 7.01. The van der Waals surface area contributed by atoms with Crippen molar-refractivity contribution in [2.24, 2.45) is 0 Å². The summed E-state index contributed by atoms with van der Waals surface area (Å²) in [5.41, 5.74) is 0.436. The summed E-state index contributed by atoms with van der Waals surface area (Å²) >= 11 is 0. The topological polar surface area (TPSA) is 78.9 Å². The number of rotatable bonds is 7. The minimum Gasteiger partial charge on any atom is -0.481 e. The van der Waals surface area contributed by atoms with E-state index in [1.54, 1.807) is 31.2 Å². The van der Waals surface area contributed by atoms with Gasteiger partial charge in [-0.3, -0.25) is 9.59 Å². The Balaban J connectivity index is 1.96. The first-order valence-corrected chi connectivity index (χ1v) is 8.95. The summed E-state index contributed by atoms with van der Waals surface area (Å²) in [6.45, 7) is 1.83. The molecule has 2 N–H and O–H groups in total. The summed E-state index contributed by atoms with van der Waals surface area (Å²) in [7, 11) is 1.84. The monoisotopic (exact) mass is 348 g/mol. The third-order valence-corrected chi connectivity index (χ3v) is 4.62. The zero-order valence-electron chi connectivity index (χ0n) is 15.0. The minimum absolute atomic E-state index is 0.0398. The van der Waals surface area contributed by atoms with Gasteiger partial charge >= 0.3 is 0 Å². The van der Waals surface area contributed by atoms with Gasteiger partial charge in [0, 0.05) is 25.2 Å². The van der Waals surface area contributed by atoms with Crippen molar-refractivity contribution in [3.63, 3.8) is 0 Å². The lowest BCUT2D eigenvalue weighted by molar-refractivity contribution is -0.139. The fourth-order valence-corrected chi connectivity index (χ4v) is 3.17. The van der Waals surface area contributed by atoms with Gasteiger partial charge in [-0.15, -0.1) is 0 Å².